The summed E-state index contributed by atoms with van der Waals surface area (Å²) in [6.07, 6.45) is 2.53. The number of rotatable bonds is 6. The van der Waals surface area contributed by atoms with Gasteiger partial charge in [0.1, 0.15) is 6.54 Å². The molecule has 0 radical (unpaired) electrons. The molecule has 1 fully saturated rings. The molecule has 108 valence electrons. The highest BCUT2D eigenvalue weighted by Gasteiger charge is 2.34. The SMILES string of the molecule is CC(Cc1ccccc1)NC(=O)N(CC(=O)O)C1CC1. The van der Waals surface area contributed by atoms with Gasteiger partial charge < -0.3 is 15.3 Å². The highest BCUT2D eigenvalue weighted by molar-refractivity contribution is 5.80. The second-order valence-corrected chi connectivity index (χ2v) is 5.29. The van der Waals surface area contributed by atoms with Crippen LogP contribution in [-0.2, 0) is 11.2 Å². The number of nitrogens with zero attached hydrogens (tertiary/aromatic N) is 1. The number of carboxylic acid groups (broad SMARTS) is 1. The van der Waals surface area contributed by atoms with Gasteiger partial charge in [0.25, 0.3) is 0 Å². The van der Waals surface area contributed by atoms with E-state index in [4.69, 9.17) is 5.11 Å². The van der Waals surface area contributed by atoms with Gasteiger partial charge >= 0.3 is 12.0 Å². The Balaban J connectivity index is 1.87. The summed E-state index contributed by atoms with van der Waals surface area (Å²) in [5.41, 5.74) is 1.15. The molecule has 0 aliphatic heterocycles. The minimum atomic E-state index is -0.970. The van der Waals surface area contributed by atoms with Gasteiger partial charge in [-0.1, -0.05) is 30.3 Å². The molecule has 2 N–H and O–H groups in total. The fourth-order valence-corrected chi connectivity index (χ4v) is 2.21. The Hall–Kier alpha value is -2.04. The van der Waals surface area contributed by atoms with Crippen LogP contribution in [0.5, 0.6) is 0 Å². The summed E-state index contributed by atoms with van der Waals surface area (Å²) in [7, 11) is 0. The van der Waals surface area contributed by atoms with Crippen LogP contribution < -0.4 is 5.32 Å². The maximum atomic E-state index is 12.1. The molecule has 1 atom stereocenters. The minimum absolute atomic E-state index is 0.0278. The Bertz CT molecular complexity index is 471. The van der Waals surface area contributed by atoms with Gasteiger partial charge in [-0.3, -0.25) is 4.79 Å². The van der Waals surface area contributed by atoms with Crippen molar-refractivity contribution in [2.45, 2.75) is 38.3 Å². The average Bonchev–Trinajstić information content (AvgIpc) is 3.20. The Kier molecular flexibility index (Phi) is 4.61. The molecule has 0 bridgehead atoms. The second kappa shape index (κ2) is 6.41. The lowest BCUT2D eigenvalue weighted by Gasteiger charge is -2.23. The van der Waals surface area contributed by atoms with Crippen molar-refractivity contribution in [2.24, 2.45) is 0 Å². The van der Waals surface area contributed by atoms with Gasteiger partial charge in [0.2, 0.25) is 0 Å². The van der Waals surface area contributed by atoms with E-state index in [0.29, 0.717) is 0 Å². The van der Waals surface area contributed by atoms with E-state index in [-0.39, 0.29) is 24.7 Å². The molecule has 5 heteroatoms. The number of hydrogen-bond donors (Lipinski definition) is 2. The summed E-state index contributed by atoms with van der Waals surface area (Å²) in [4.78, 5) is 24.3. The van der Waals surface area contributed by atoms with Gasteiger partial charge in [-0.25, -0.2) is 4.79 Å². The predicted molar refractivity (Wildman–Crippen MR) is 75.5 cm³/mol. The highest BCUT2D eigenvalue weighted by atomic mass is 16.4. The summed E-state index contributed by atoms with van der Waals surface area (Å²) < 4.78 is 0. The van der Waals surface area contributed by atoms with Crippen molar-refractivity contribution in [3.8, 4) is 0 Å². The number of urea groups is 1. The van der Waals surface area contributed by atoms with Gasteiger partial charge in [0, 0.05) is 12.1 Å². The molecule has 1 aliphatic carbocycles. The van der Waals surface area contributed by atoms with Crippen molar-refractivity contribution in [3.05, 3.63) is 35.9 Å². The fourth-order valence-electron chi connectivity index (χ4n) is 2.21. The van der Waals surface area contributed by atoms with Gasteiger partial charge in [0.15, 0.2) is 0 Å². The topological polar surface area (TPSA) is 69.6 Å². The van der Waals surface area contributed by atoms with Crippen molar-refractivity contribution in [2.75, 3.05) is 6.54 Å². The van der Waals surface area contributed by atoms with Crippen LogP contribution in [0.3, 0.4) is 0 Å². The summed E-state index contributed by atoms with van der Waals surface area (Å²) in [5.74, 6) is -0.970. The molecule has 1 aromatic rings. The lowest BCUT2D eigenvalue weighted by Crippen LogP contribution is -2.47. The van der Waals surface area contributed by atoms with E-state index < -0.39 is 5.97 Å². The molecule has 1 unspecified atom stereocenters. The van der Waals surface area contributed by atoms with Crippen LogP contribution in [0.1, 0.15) is 25.3 Å². The first kappa shape index (κ1) is 14.4. The van der Waals surface area contributed by atoms with E-state index in [1.807, 2.05) is 37.3 Å². The van der Waals surface area contributed by atoms with Crippen molar-refractivity contribution in [3.63, 3.8) is 0 Å². The van der Waals surface area contributed by atoms with E-state index in [1.54, 1.807) is 0 Å². The second-order valence-electron chi connectivity index (χ2n) is 5.29. The minimum Gasteiger partial charge on any atom is -0.480 e. The van der Waals surface area contributed by atoms with Crippen molar-refractivity contribution in [1.29, 1.82) is 0 Å². The number of aliphatic carboxylic acids is 1. The third-order valence-electron chi connectivity index (χ3n) is 3.31. The van der Waals surface area contributed by atoms with Gasteiger partial charge in [0.05, 0.1) is 0 Å². The van der Waals surface area contributed by atoms with E-state index >= 15 is 0 Å². The zero-order valence-corrected chi connectivity index (χ0v) is 11.6. The molecule has 1 aliphatic rings. The molecule has 2 rings (SSSR count). The monoisotopic (exact) mass is 276 g/mol. The van der Waals surface area contributed by atoms with Crippen LogP contribution >= 0.6 is 0 Å². The molecule has 0 saturated heterocycles. The summed E-state index contributed by atoms with van der Waals surface area (Å²) in [6, 6.07) is 9.69. The van der Waals surface area contributed by atoms with E-state index in [0.717, 1.165) is 24.8 Å². The number of benzene rings is 1. The first-order valence-corrected chi connectivity index (χ1v) is 6.89. The van der Waals surface area contributed by atoms with Crippen molar-refractivity contribution < 1.29 is 14.7 Å². The number of hydrogen-bond acceptors (Lipinski definition) is 2. The third-order valence-corrected chi connectivity index (χ3v) is 3.31. The normalized spacial score (nSPS) is 15.4. The van der Waals surface area contributed by atoms with Gasteiger partial charge in [-0.2, -0.15) is 0 Å². The van der Waals surface area contributed by atoms with Crippen molar-refractivity contribution >= 4 is 12.0 Å². The Labute approximate surface area is 118 Å². The summed E-state index contributed by atoms with van der Waals surface area (Å²) in [5, 5.41) is 11.7. The lowest BCUT2D eigenvalue weighted by atomic mass is 10.1. The highest BCUT2D eigenvalue weighted by Crippen LogP contribution is 2.26. The number of amides is 2. The predicted octanol–water partition coefficient (Wildman–Crippen LogP) is 1.88. The molecular formula is C15H20N2O3. The lowest BCUT2D eigenvalue weighted by molar-refractivity contribution is -0.137. The van der Waals surface area contributed by atoms with E-state index in [2.05, 4.69) is 5.32 Å². The molecule has 5 nitrogen and oxygen atoms in total. The fraction of sp³-hybridized carbons (Fsp3) is 0.467. The number of carbonyl (C=O) groups is 2. The maximum absolute atomic E-state index is 12.1. The first-order chi connectivity index (χ1) is 9.56. The number of nitrogens with one attached hydrogen (secondary N) is 1. The van der Waals surface area contributed by atoms with E-state index in [9.17, 15) is 9.59 Å². The van der Waals surface area contributed by atoms with Crippen LogP contribution in [0.25, 0.3) is 0 Å². The van der Waals surface area contributed by atoms with Crippen LogP contribution in [0.15, 0.2) is 30.3 Å². The van der Waals surface area contributed by atoms with Crippen LogP contribution in [0, 0.1) is 0 Å². The van der Waals surface area contributed by atoms with E-state index in [1.165, 1.54) is 4.90 Å². The van der Waals surface area contributed by atoms with Crippen LogP contribution in [0.2, 0.25) is 0 Å². The first-order valence-electron chi connectivity index (χ1n) is 6.89. The molecule has 0 spiro atoms. The average molecular weight is 276 g/mol. The Morgan fingerprint density at radius 3 is 2.55 bits per heavy atom. The van der Waals surface area contributed by atoms with Gasteiger partial charge in [-0.15, -0.1) is 0 Å². The Morgan fingerprint density at radius 2 is 2.00 bits per heavy atom. The molecule has 20 heavy (non-hydrogen) atoms. The quantitative estimate of drug-likeness (QED) is 0.833. The molecule has 0 heterocycles. The number of carboxylic acids is 1. The Morgan fingerprint density at radius 1 is 1.35 bits per heavy atom. The van der Waals surface area contributed by atoms with Crippen LogP contribution in [-0.4, -0.2) is 40.6 Å². The molecular weight excluding hydrogens is 256 g/mol. The maximum Gasteiger partial charge on any atom is 0.323 e. The largest absolute Gasteiger partial charge is 0.480 e. The van der Waals surface area contributed by atoms with Gasteiger partial charge in [-0.05, 0) is 31.7 Å². The smallest absolute Gasteiger partial charge is 0.323 e. The molecule has 2 amide bonds. The van der Waals surface area contributed by atoms with Crippen LogP contribution in [0.4, 0.5) is 4.79 Å². The summed E-state index contributed by atoms with van der Waals surface area (Å²) >= 11 is 0. The standard InChI is InChI=1S/C15H20N2O3/c1-11(9-12-5-3-2-4-6-12)16-15(20)17(10-14(18)19)13-7-8-13/h2-6,11,13H,7-10H2,1H3,(H,16,20)(H,18,19). The number of carbonyl (C=O) groups excluding carboxylic acids is 1. The molecule has 0 aromatic heterocycles. The molecule has 1 saturated carbocycles. The third kappa shape index (κ3) is 4.26. The summed E-state index contributed by atoms with van der Waals surface area (Å²) in [6.45, 7) is 1.70. The zero-order valence-electron chi connectivity index (χ0n) is 11.6. The van der Waals surface area contributed by atoms with Crippen molar-refractivity contribution in [1.82, 2.24) is 10.2 Å². The molecule has 1 aromatic carbocycles. The zero-order chi connectivity index (χ0) is 14.5.